The number of anilines is 16. The number of piperidine rings is 4. The number of aryl methyl sites for hydroxylation is 4. The van der Waals surface area contributed by atoms with Gasteiger partial charge in [0.2, 0.25) is 23.8 Å². The lowest BCUT2D eigenvalue weighted by atomic mass is 9.89. The van der Waals surface area contributed by atoms with Crippen LogP contribution in [-0.4, -0.2) is 202 Å². The van der Waals surface area contributed by atoms with E-state index >= 15 is 0 Å². The van der Waals surface area contributed by atoms with Crippen molar-refractivity contribution in [3.63, 3.8) is 0 Å². The number of nitrogens with one attached hydrogen (secondary N) is 7. The van der Waals surface area contributed by atoms with Gasteiger partial charge in [0.15, 0.2) is 51.9 Å². The maximum atomic E-state index is 8.99. The minimum absolute atomic E-state index is 0.247. The van der Waals surface area contributed by atoms with Crippen LogP contribution in [0.1, 0.15) is 107 Å². The van der Waals surface area contributed by atoms with Crippen LogP contribution in [0.2, 0.25) is 20.1 Å². The maximum absolute atomic E-state index is 8.99. The molecule has 41 heteroatoms. The van der Waals surface area contributed by atoms with Gasteiger partial charge in [-0.05, 0) is 175 Å². The van der Waals surface area contributed by atoms with E-state index in [-0.39, 0.29) is 24.2 Å². The van der Waals surface area contributed by atoms with Crippen molar-refractivity contribution in [2.45, 2.75) is 131 Å². The lowest BCUT2D eigenvalue weighted by molar-refractivity contribution is 0.335. The number of fused-ring (bicyclic) bond motifs is 4. The van der Waals surface area contributed by atoms with Gasteiger partial charge >= 0.3 is 0 Å². The smallest absolute Gasteiger partial charge is 0.229 e. The maximum Gasteiger partial charge on any atom is 0.229 e. The van der Waals surface area contributed by atoms with E-state index in [9.17, 15) is 0 Å². The Morgan fingerprint density at radius 2 is 0.800 bits per heavy atom. The van der Waals surface area contributed by atoms with Crippen LogP contribution in [0.3, 0.4) is 0 Å². The summed E-state index contributed by atoms with van der Waals surface area (Å²) < 4.78 is 7.60. The molecule has 20 heterocycles. The Labute approximate surface area is 800 Å². The Balaban J connectivity index is 0.000000125. The predicted octanol–water partition coefficient (Wildman–Crippen LogP) is 17.2. The molecule has 16 aromatic heterocycles. The van der Waals surface area contributed by atoms with Crippen LogP contribution in [0.15, 0.2) is 190 Å². The average Bonchev–Trinajstić information content (AvgIpc) is 1.78. The number of aromatic nitrogens is 24. The molecule has 694 valence electrons. The molecule has 135 heavy (non-hydrogen) atoms. The number of nitriles is 1. The van der Waals surface area contributed by atoms with Gasteiger partial charge < -0.3 is 70.5 Å². The third kappa shape index (κ3) is 22.8. The van der Waals surface area contributed by atoms with Crippen molar-refractivity contribution in [3.8, 4) is 6.07 Å². The number of pyridine rings is 6. The minimum Gasteiger partial charge on any atom is -0.366 e. The Kier molecular flexibility index (Phi) is 29.2. The fourth-order valence-electron chi connectivity index (χ4n) is 17.5. The van der Waals surface area contributed by atoms with Crippen molar-refractivity contribution in [1.29, 1.82) is 5.26 Å². The van der Waals surface area contributed by atoms with Crippen molar-refractivity contribution in [3.05, 3.63) is 239 Å². The highest BCUT2D eigenvalue weighted by Gasteiger charge is 2.36. The molecular formula is C94H105Cl4N37. The Morgan fingerprint density at radius 1 is 0.385 bits per heavy atom. The summed E-state index contributed by atoms with van der Waals surface area (Å²) in [6.07, 6.45) is 34.9. The van der Waals surface area contributed by atoms with Crippen molar-refractivity contribution in [2.24, 2.45) is 23.7 Å². The number of hydrogen-bond donors (Lipinski definition) is 7. The molecule has 4 aliphatic heterocycles. The zero-order valence-corrected chi connectivity index (χ0v) is 79.3. The van der Waals surface area contributed by atoms with E-state index in [2.05, 4.69) is 223 Å². The van der Waals surface area contributed by atoms with Crippen LogP contribution in [0.25, 0.3) is 22.6 Å². The Bertz CT molecular complexity index is 6270. The first-order chi connectivity index (χ1) is 65.7. The van der Waals surface area contributed by atoms with Gasteiger partial charge in [-0.15, -0.1) is 35.7 Å². The zero-order chi connectivity index (χ0) is 93.6. The van der Waals surface area contributed by atoms with E-state index in [1.807, 2.05) is 161 Å². The van der Waals surface area contributed by atoms with Gasteiger partial charge in [0.25, 0.3) is 0 Å². The molecule has 0 radical (unpaired) electrons. The molecule has 0 aliphatic carbocycles. The number of nitrogens with zero attached hydrogens (tertiary/aromatic N) is 30. The Hall–Kier alpha value is -14.4. The van der Waals surface area contributed by atoms with Crippen LogP contribution in [0, 0.1) is 62.7 Å². The third-order valence-corrected chi connectivity index (χ3v) is 26.1. The van der Waals surface area contributed by atoms with Crippen LogP contribution >= 0.6 is 46.4 Å². The van der Waals surface area contributed by atoms with Crippen LogP contribution in [0.4, 0.5) is 93.1 Å². The van der Waals surface area contributed by atoms with Crippen molar-refractivity contribution < 1.29 is 0 Å². The SMILES string of the molecule is CCC1CN(c2ccc(C#N)nn2)CCC1N(C)c1nc(Nc2ccn3cc(C)nc3c2)ncc1Cl.CCC1CN(c2ccc(C)cn2)CCC1Nc1nc(Nc2ccn3ccnc3c2)ncc1Cl.CCC1CN(c2ccc(C)cn2)CCC1Nc1nc(Nc2ccn3cnnc3c2)ncc1Cl.CCC1CN(c2ccc(C)nn2)CCC1Nc1nc(Nc2ccn3cnnc3c2)ncc1Cl. The highest BCUT2D eigenvalue weighted by Crippen LogP contribution is 2.38. The highest BCUT2D eigenvalue weighted by molar-refractivity contribution is 6.34. The topological polar surface area (TPSA) is 400 Å². The monoisotopic (exact) mass is 1890 g/mol. The molecule has 8 atom stereocenters. The van der Waals surface area contributed by atoms with E-state index in [1.165, 1.54) is 11.1 Å². The van der Waals surface area contributed by atoms with Gasteiger partial charge in [0.1, 0.15) is 61.7 Å². The first-order valence-electron chi connectivity index (χ1n) is 45.3. The first kappa shape index (κ1) is 92.5. The molecule has 16 aromatic rings. The lowest BCUT2D eigenvalue weighted by Gasteiger charge is -2.43. The standard InChI is InChI=1S/C25H27ClN10.C24H27ClN8.C23H26ClN9.C22H25ClN10/c1-4-17-15-36(22-6-5-19(12-27)32-33-22)10-8-21(17)34(3)24-20(26)13-28-25(31-24)30-18-7-9-35-14-16(2)29-23(35)11-18;1-3-17-15-33(21-5-4-16(2)13-27-21)10-7-20(17)30-23-19(25)14-28-24(31-23)29-18-6-9-32-11-8-26-22(32)12-18;1-3-16-13-32(20-5-4-15(2)11-25-20)9-7-19(16)29-22-18(24)12-26-23(30-22)28-17-6-8-33-14-27-31-21(33)10-17;1-3-15-12-32(19-5-4-14(2)29-31-19)9-7-18(15)27-21-17(23)11-24-22(28-21)26-16-6-8-33-13-25-30-20(33)10-16/h5-7,9,11,13-14,17,21H,4,8,10,15H2,1-3H3,(H,28,30,31);4-6,8-9,11-14,17,20H,3,7,10,15H2,1-2H3,(H2,28,29,30,31);4-6,8,10-12,14,16,19H,3,7,9,13H2,1-2H3,(H2,26,28,29,30);4-6,8,10-11,13,15,18H,3,7,9,12H2,1-2H3,(H2,24,26,27,28). The fourth-order valence-corrected chi connectivity index (χ4v) is 18.2. The molecule has 20 rings (SSSR count). The zero-order valence-electron chi connectivity index (χ0n) is 76.3. The molecule has 0 spiro atoms. The molecule has 7 N–H and O–H groups in total. The van der Waals surface area contributed by atoms with Crippen molar-refractivity contribution >= 4 is 162 Å². The minimum atomic E-state index is 0.247. The molecular weight excluding hydrogens is 1790 g/mol. The molecule has 4 fully saturated rings. The van der Waals surface area contributed by atoms with E-state index in [0.717, 1.165) is 184 Å². The molecule has 0 amide bonds. The number of halogens is 4. The molecule has 4 aliphatic rings. The van der Waals surface area contributed by atoms with Crippen LogP contribution in [0.5, 0.6) is 0 Å². The van der Waals surface area contributed by atoms with Gasteiger partial charge in [0.05, 0.1) is 36.2 Å². The second-order valence-corrected chi connectivity index (χ2v) is 35.7. The molecule has 0 saturated carbocycles. The summed E-state index contributed by atoms with van der Waals surface area (Å²) >= 11 is 25.9. The molecule has 4 saturated heterocycles. The highest BCUT2D eigenvalue weighted by atomic mass is 35.5. The van der Waals surface area contributed by atoms with E-state index in [1.54, 1.807) is 49.7 Å². The quantitative estimate of drug-likeness (QED) is 0.0295. The summed E-state index contributed by atoms with van der Waals surface area (Å²) in [6, 6.07) is 34.6. The van der Waals surface area contributed by atoms with Crippen molar-refractivity contribution in [1.82, 2.24) is 118 Å². The summed E-state index contributed by atoms with van der Waals surface area (Å²) in [4.78, 5) is 65.6. The van der Waals surface area contributed by atoms with Gasteiger partial charge in [-0.2, -0.15) is 30.3 Å². The number of imidazole rings is 2. The summed E-state index contributed by atoms with van der Waals surface area (Å²) in [7, 11) is 2.04. The van der Waals surface area contributed by atoms with Gasteiger partial charge in [-0.3, -0.25) is 8.80 Å². The van der Waals surface area contributed by atoms with Gasteiger partial charge in [-0.1, -0.05) is 86.2 Å². The number of rotatable bonds is 24. The van der Waals surface area contributed by atoms with E-state index in [0.29, 0.717) is 96.5 Å². The first-order valence-corrected chi connectivity index (χ1v) is 46.8. The molecule has 0 aromatic carbocycles. The normalized spacial score (nSPS) is 18.3. The van der Waals surface area contributed by atoms with Gasteiger partial charge in [0, 0.05) is 186 Å². The Morgan fingerprint density at radius 3 is 1.24 bits per heavy atom. The lowest BCUT2D eigenvalue weighted by Crippen LogP contribution is -2.50. The summed E-state index contributed by atoms with van der Waals surface area (Å²) in [5.41, 5.74) is 11.1. The average molecular weight is 1890 g/mol. The summed E-state index contributed by atoms with van der Waals surface area (Å²) in [6.45, 7) is 24.1. The molecule has 8 unspecified atom stereocenters. The molecule has 37 nitrogen and oxygen atoms in total. The molecule has 0 bridgehead atoms. The van der Waals surface area contributed by atoms with Crippen LogP contribution < -0.4 is 61.7 Å². The van der Waals surface area contributed by atoms with E-state index in [4.69, 9.17) is 56.6 Å². The largest absolute Gasteiger partial charge is 0.366 e. The fraction of sp³-hybridized carbons (Fsp3) is 0.351. The second kappa shape index (κ2) is 42.7. The second-order valence-electron chi connectivity index (χ2n) is 34.1. The van der Waals surface area contributed by atoms with Gasteiger partial charge in [-0.25, -0.2) is 39.9 Å². The predicted molar refractivity (Wildman–Crippen MR) is 531 cm³/mol. The van der Waals surface area contributed by atoms with E-state index < -0.39 is 0 Å². The van der Waals surface area contributed by atoms with Crippen LogP contribution in [-0.2, 0) is 0 Å². The number of hydrogen-bond acceptors (Lipinski definition) is 33. The summed E-state index contributed by atoms with van der Waals surface area (Å²) in [5.74, 6) is 10.0. The van der Waals surface area contributed by atoms with Crippen molar-refractivity contribution in [2.75, 3.05) is 121 Å². The third-order valence-electron chi connectivity index (χ3n) is 25.0. The summed E-state index contributed by atoms with van der Waals surface area (Å²) in [5, 5.41) is 67.5.